The third-order valence-corrected chi connectivity index (χ3v) is 2.10. The second-order valence-electron chi connectivity index (χ2n) is 5.02. The molecular weight excluding hydrogens is 202 g/mol. The highest BCUT2D eigenvalue weighted by Crippen LogP contribution is 2.10. The molecule has 1 rings (SSSR count). The van der Waals surface area contributed by atoms with Crippen LogP contribution in [0.15, 0.2) is 16.5 Å². The van der Waals surface area contributed by atoms with Gasteiger partial charge < -0.3 is 14.5 Å². The summed E-state index contributed by atoms with van der Waals surface area (Å²) in [5, 5.41) is 3.38. The maximum absolute atomic E-state index is 5.64. The van der Waals surface area contributed by atoms with Crippen LogP contribution in [0, 0.1) is 0 Å². The van der Waals surface area contributed by atoms with Crippen molar-refractivity contribution in [1.82, 2.24) is 5.32 Å². The minimum atomic E-state index is 0.117. The van der Waals surface area contributed by atoms with Crippen LogP contribution in [0.25, 0.3) is 0 Å². The summed E-state index contributed by atoms with van der Waals surface area (Å²) in [5.41, 5.74) is 0.117. The molecule has 0 fully saturated rings. The molecule has 1 aromatic heterocycles. The van der Waals surface area contributed by atoms with Crippen molar-refractivity contribution in [3.05, 3.63) is 23.7 Å². The Morgan fingerprint density at radius 2 is 1.94 bits per heavy atom. The molecular formula is C13H23NO2. The maximum atomic E-state index is 5.64. The second kappa shape index (κ2) is 6.06. The van der Waals surface area contributed by atoms with E-state index in [4.69, 9.17) is 9.15 Å². The molecule has 0 bridgehead atoms. The Hall–Kier alpha value is -0.800. The van der Waals surface area contributed by atoms with Crippen LogP contribution in [0.5, 0.6) is 0 Å². The highest BCUT2D eigenvalue weighted by Gasteiger charge is 2.10. The minimum Gasteiger partial charge on any atom is -0.462 e. The lowest BCUT2D eigenvalue weighted by atomic mass is 10.1. The van der Waals surface area contributed by atoms with Crippen molar-refractivity contribution >= 4 is 0 Å². The maximum Gasteiger partial charge on any atom is 0.129 e. The predicted octanol–water partition coefficient (Wildman–Crippen LogP) is 3.09. The molecule has 0 saturated carbocycles. The number of hydrogen-bond acceptors (Lipinski definition) is 3. The van der Waals surface area contributed by atoms with Crippen LogP contribution in [-0.2, 0) is 17.9 Å². The summed E-state index contributed by atoms with van der Waals surface area (Å²) in [6, 6.07) is 3.98. The molecule has 0 aliphatic carbocycles. The first-order valence-electron chi connectivity index (χ1n) is 5.91. The first kappa shape index (κ1) is 13.3. The van der Waals surface area contributed by atoms with Crippen LogP contribution in [-0.4, -0.2) is 12.1 Å². The minimum absolute atomic E-state index is 0.117. The molecule has 92 valence electrons. The summed E-state index contributed by atoms with van der Waals surface area (Å²) >= 11 is 0. The van der Waals surface area contributed by atoms with Crippen LogP contribution >= 0.6 is 0 Å². The largest absolute Gasteiger partial charge is 0.462 e. The van der Waals surface area contributed by atoms with Crippen molar-refractivity contribution in [2.45, 2.75) is 52.8 Å². The molecule has 0 aliphatic heterocycles. The Balaban J connectivity index is 2.33. The van der Waals surface area contributed by atoms with Crippen LogP contribution in [0.1, 0.15) is 45.6 Å². The van der Waals surface area contributed by atoms with Crippen molar-refractivity contribution in [2.75, 3.05) is 6.61 Å². The summed E-state index contributed by atoms with van der Waals surface area (Å²) in [5.74, 6) is 1.86. The fourth-order valence-electron chi connectivity index (χ4n) is 1.26. The number of rotatable bonds is 6. The van der Waals surface area contributed by atoms with E-state index in [-0.39, 0.29) is 5.54 Å². The monoisotopic (exact) mass is 225 g/mol. The smallest absolute Gasteiger partial charge is 0.129 e. The summed E-state index contributed by atoms with van der Waals surface area (Å²) in [6.45, 7) is 10.6. The van der Waals surface area contributed by atoms with Gasteiger partial charge in [0.15, 0.2) is 0 Å². The van der Waals surface area contributed by atoms with Gasteiger partial charge in [-0.15, -0.1) is 0 Å². The Kier molecular flexibility index (Phi) is 5.03. The van der Waals surface area contributed by atoms with E-state index in [9.17, 15) is 0 Å². The van der Waals surface area contributed by atoms with E-state index < -0.39 is 0 Å². The van der Waals surface area contributed by atoms with E-state index in [2.05, 4.69) is 33.0 Å². The Bertz CT molecular complexity index is 299. The fraction of sp³-hybridized carbons (Fsp3) is 0.692. The molecule has 1 aromatic rings. The zero-order chi connectivity index (χ0) is 12.0. The third kappa shape index (κ3) is 5.33. The van der Waals surface area contributed by atoms with Gasteiger partial charge in [0.1, 0.15) is 18.1 Å². The highest BCUT2D eigenvalue weighted by atomic mass is 16.5. The average Bonchev–Trinajstić information content (AvgIpc) is 2.62. The van der Waals surface area contributed by atoms with E-state index in [0.29, 0.717) is 6.61 Å². The van der Waals surface area contributed by atoms with Crippen molar-refractivity contribution in [3.8, 4) is 0 Å². The van der Waals surface area contributed by atoms with Crippen LogP contribution < -0.4 is 5.32 Å². The highest BCUT2D eigenvalue weighted by molar-refractivity contribution is 5.06. The summed E-state index contributed by atoms with van der Waals surface area (Å²) < 4.78 is 11.1. The molecule has 0 radical (unpaired) electrons. The van der Waals surface area contributed by atoms with Gasteiger partial charge in [0.25, 0.3) is 0 Å². The van der Waals surface area contributed by atoms with E-state index in [0.717, 1.165) is 31.1 Å². The van der Waals surface area contributed by atoms with Gasteiger partial charge in [-0.1, -0.05) is 6.92 Å². The molecule has 3 nitrogen and oxygen atoms in total. The number of furan rings is 1. The van der Waals surface area contributed by atoms with E-state index in [1.165, 1.54) is 0 Å². The molecule has 0 aliphatic rings. The lowest BCUT2D eigenvalue weighted by Gasteiger charge is -2.19. The van der Waals surface area contributed by atoms with E-state index >= 15 is 0 Å². The lowest BCUT2D eigenvalue weighted by Crippen LogP contribution is -2.34. The lowest BCUT2D eigenvalue weighted by molar-refractivity contribution is 0.105. The zero-order valence-electron chi connectivity index (χ0n) is 10.8. The molecule has 0 amide bonds. The first-order chi connectivity index (χ1) is 7.51. The van der Waals surface area contributed by atoms with Gasteiger partial charge in [0.05, 0.1) is 6.54 Å². The van der Waals surface area contributed by atoms with Crippen molar-refractivity contribution < 1.29 is 9.15 Å². The Morgan fingerprint density at radius 3 is 2.56 bits per heavy atom. The van der Waals surface area contributed by atoms with Gasteiger partial charge in [-0.25, -0.2) is 0 Å². The topological polar surface area (TPSA) is 34.4 Å². The Morgan fingerprint density at radius 1 is 1.25 bits per heavy atom. The Labute approximate surface area is 98.2 Å². The number of ether oxygens (including phenoxy) is 1. The standard InChI is InChI=1S/C13H23NO2/c1-5-8-15-10-12-7-6-11(16-12)9-14-13(2,3)4/h6-7,14H,5,8-10H2,1-4H3. The molecule has 16 heavy (non-hydrogen) atoms. The molecule has 0 atom stereocenters. The van der Waals surface area contributed by atoms with Gasteiger partial charge in [0, 0.05) is 12.1 Å². The second-order valence-corrected chi connectivity index (χ2v) is 5.02. The number of nitrogens with one attached hydrogen (secondary N) is 1. The average molecular weight is 225 g/mol. The number of hydrogen-bond donors (Lipinski definition) is 1. The third-order valence-electron chi connectivity index (χ3n) is 2.10. The molecule has 0 spiro atoms. The van der Waals surface area contributed by atoms with Crippen LogP contribution in [0.2, 0.25) is 0 Å². The van der Waals surface area contributed by atoms with Crippen molar-refractivity contribution in [1.29, 1.82) is 0 Å². The molecule has 0 saturated heterocycles. The van der Waals surface area contributed by atoms with E-state index in [1.54, 1.807) is 0 Å². The molecule has 3 heteroatoms. The molecule has 0 aromatic carbocycles. The van der Waals surface area contributed by atoms with E-state index in [1.807, 2.05) is 12.1 Å². The first-order valence-corrected chi connectivity index (χ1v) is 5.91. The summed E-state index contributed by atoms with van der Waals surface area (Å²) in [7, 11) is 0. The zero-order valence-corrected chi connectivity index (χ0v) is 10.8. The van der Waals surface area contributed by atoms with Crippen molar-refractivity contribution in [2.24, 2.45) is 0 Å². The molecule has 0 unspecified atom stereocenters. The van der Waals surface area contributed by atoms with Gasteiger partial charge in [-0.3, -0.25) is 0 Å². The fourth-order valence-corrected chi connectivity index (χ4v) is 1.26. The molecule has 1 N–H and O–H groups in total. The van der Waals surface area contributed by atoms with Crippen LogP contribution in [0.3, 0.4) is 0 Å². The molecule has 1 heterocycles. The van der Waals surface area contributed by atoms with Gasteiger partial charge in [0.2, 0.25) is 0 Å². The van der Waals surface area contributed by atoms with Gasteiger partial charge in [-0.05, 0) is 39.3 Å². The van der Waals surface area contributed by atoms with Gasteiger partial charge >= 0.3 is 0 Å². The van der Waals surface area contributed by atoms with Crippen LogP contribution in [0.4, 0.5) is 0 Å². The predicted molar refractivity (Wildman–Crippen MR) is 65.2 cm³/mol. The summed E-state index contributed by atoms with van der Waals surface area (Å²) in [6.07, 6.45) is 1.04. The SMILES string of the molecule is CCCOCc1ccc(CNC(C)(C)C)o1. The summed E-state index contributed by atoms with van der Waals surface area (Å²) in [4.78, 5) is 0. The normalized spacial score (nSPS) is 12.0. The van der Waals surface area contributed by atoms with Gasteiger partial charge in [-0.2, -0.15) is 0 Å². The van der Waals surface area contributed by atoms with Crippen molar-refractivity contribution in [3.63, 3.8) is 0 Å². The quantitative estimate of drug-likeness (QED) is 0.755.